The number of carboxylic acid groups (broad SMARTS) is 1. The summed E-state index contributed by atoms with van der Waals surface area (Å²) in [7, 11) is 0. The molecular weight excluding hydrogens is 258 g/mol. The number of aliphatic carboxylic acids is 1. The third kappa shape index (κ3) is 4.35. The van der Waals surface area contributed by atoms with Gasteiger partial charge in [-0.3, -0.25) is 9.59 Å². The molecule has 0 saturated heterocycles. The Bertz CT molecular complexity index is 446. The Morgan fingerprint density at radius 3 is 2.40 bits per heavy atom. The summed E-state index contributed by atoms with van der Waals surface area (Å²) in [5.74, 6) is -1.89. The standard InChI is InChI=1S/C15H21NO4/c1-2-3-7-10-16-14(19)15(20,11-13(17)18)12-8-5-4-6-9-12/h4-6,8-9,20H,2-3,7,10-11H2,1H3,(H,16,19)(H,17,18). The number of nitrogens with one attached hydrogen (secondary N) is 1. The van der Waals surface area contributed by atoms with E-state index in [4.69, 9.17) is 5.11 Å². The second kappa shape index (κ2) is 7.65. The molecular formula is C15H21NO4. The van der Waals surface area contributed by atoms with Gasteiger partial charge in [-0.05, 0) is 12.0 Å². The summed E-state index contributed by atoms with van der Waals surface area (Å²) < 4.78 is 0. The number of carbonyl (C=O) groups excluding carboxylic acids is 1. The molecule has 0 aliphatic carbocycles. The van der Waals surface area contributed by atoms with E-state index < -0.39 is 23.9 Å². The van der Waals surface area contributed by atoms with Gasteiger partial charge < -0.3 is 15.5 Å². The molecule has 20 heavy (non-hydrogen) atoms. The molecule has 3 N–H and O–H groups in total. The molecule has 1 amide bonds. The first-order chi connectivity index (χ1) is 9.50. The molecule has 0 radical (unpaired) electrons. The number of carbonyl (C=O) groups is 2. The predicted octanol–water partition coefficient (Wildman–Crippen LogP) is 1.66. The van der Waals surface area contributed by atoms with Crippen LogP contribution in [0.2, 0.25) is 0 Å². The van der Waals surface area contributed by atoms with Gasteiger partial charge in [0.2, 0.25) is 0 Å². The minimum atomic E-state index is -2.03. The van der Waals surface area contributed by atoms with Crippen LogP contribution in [0.4, 0.5) is 0 Å². The molecule has 0 spiro atoms. The van der Waals surface area contributed by atoms with Crippen molar-refractivity contribution in [3.05, 3.63) is 35.9 Å². The highest BCUT2D eigenvalue weighted by Gasteiger charge is 2.39. The number of benzene rings is 1. The van der Waals surface area contributed by atoms with E-state index in [2.05, 4.69) is 5.32 Å². The molecule has 1 rings (SSSR count). The van der Waals surface area contributed by atoms with Crippen molar-refractivity contribution < 1.29 is 19.8 Å². The maximum Gasteiger partial charge on any atom is 0.307 e. The van der Waals surface area contributed by atoms with E-state index in [0.29, 0.717) is 6.54 Å². The molecule has 0 aliphatic heterocycles. The van der Waals surface area contributed by atoms with Crippen LogP contribution >= 0.6 is 0 Å². The van der Waals surface area contributed by atoms with Crippen LogP contribution in [-0.2, 0) is 15.2 Å². The second-order valence-corrected chi connectivity index (χ2v) is 4.76. The van der Waals surface area contributed by atoms with Crippen molar-refractivity contribution in [2.24, 2.45) is 0 Å². The highest BCUT2D eigenvalue weighted by Crippen LogP contribution is 2.25. The van der Waals surface area contributed by atoms with Crippen LogP contribution in [0.1, 0.15) is 38.2 Å². The van der Waals surface area contributed by atoms with Gasteiger partial charge in [-0.25, -0.2) is 0 Å². The molecule has 5 nitrogen and oxygen atoms in total. The molecule has 1 unspecified atom stereocenters. The Kier molecular flexibility index (Phi) is 6.18. The predicted molar refractivity (Wildman–Crippen MR) is 75.1 cm³/mol. The van der Waals surface area contributed by atoms with Crippen molar-refractivity contribution in [3.63, 3.8) is 0 Å². The van der Waals surface area contributed by atoms with Gasteiger partial charge >= 0.3 is 5.97 Å². The summed E-state index contributed by atoms with van der Waals surface area (Å²) in [5, 5.41) is 22.0. The lowest BCUT2D eigenvalue weighted by molar-refractivity contribution is -0.153. The summed E-state index contributed by atoms with van der Waals surface area (Å²) in [6, 6.07) is 8.16. The minimum Gasteiger partial charge on any atom is -0.481 e. The van der Waals surface area contributed by atoms with E-state index in [-0.39, 0.29) is 5.56 Å². The summed E-state index contributed by atoms with van der Waals surface area (Å²) in [5.41, 5.74) is -1.74. The Morgan fingerprint density at radius 2 is 1.85 bits per heavy atom. The lowest BCUT2D eigenvalue weighted by atomic mass is 9.89. The Morgan fingerprint density at radius 1 is 1.20 bits per heavy atom. The molecule has 0 bridgehead atoms. The molecule has 0 fully saturated rings. The third-order valence-corrected chi connectivity index (χ3v) is 3.10. The average molecular weight is 279 g/mol. The van der Waals surface area contributed by atoms with E-state index in [0.717, 1.165) is 19.3 Å². The first-order valence-electron chi connectivity index (χ1n) is 6.78. The monoisotopic (exact) mass is 279 g/mol. The van der Waals surface area contributed by atoms with Crippen LogP contribution in [0.25, 0.3) is 0 Å². The Labute approximate surface area is 118 Å². The first kappa shape index (κ1) is 16.2. The SMILES string of the molecule is CCCCCNC(=O)C(O)(CC(=O)O)c1ccccc1. The topological polar surface area (TPSA) is 86.6 Å². The zero-order chi connectivity index (χ0) is 15.0. The van der Waals surface area contributed by atoms with E-state index in [1.807, 2.05) is 6.92 Å². The Balaban J connectivity index is 2.83. The molecule has 0 aliphatic rings. The molecule has 0 saturated carbocycles. The van der Waals surface area contributed by atoms with Gasteiger partial charge in [0.05, 0.1) is 6.42 Å². The molecule has 1 aromatic carbocycles. The van der Waals surface area contributed by atoms with Crippen LogP contribution in [0.5, 0.6) is 0 Å². The zero-order valence-electron chi connectivity index (χ0n) is 11.6. The van der Waals surface area contributed by atoms with Gasteiger partial charge in [0.15, 0.2) is 5.60 Å². The summed E-state index contributed by atoms with van der Waals surface area (Å²) >= 11 is 0. The lowest BCUT2D eigenvalue weighted by Gasteiger charge is -2.25. The van der Waals surface area contributed by atoms with Gasteiger partial charge in [0.25, 0.3) is 5.91 Å². The lowest BCUT2D eigenvalue weighted by Crippen LogP contribution is -2.46. The second-order valence-electron chi connectivity index (χ2n) is 4.76. The van der Waals surface area contributed by atoms with E-state index in [1.165, 1.54) is 0 Å². The minimum absolute atomic E-state index is 0.287. The van der Waals surface area contributed by atoms with Crippen molar-refractivity contribution in [3.8, 4) is 0 Å². The van der Waals surface area contributed by atoms with E-state index in [9.17, 15) is 14.7 Å². The highest BCUT2D eigenvalue weighted by atomic mass is 16.4. The molecule has 5 heteroatoms. The molecule has 0 aromatic heterocycles. The molecule has 1 aromatic rings. The van der Waals surface area contributed by atoms with Gasteiger partial charge in [0, 0.05) is 6.54 Å². The number of hydrogen-bond acceptors (Lipinski definition) is 3. The number of carboxylic acids is 1. The van der Waals surface area contributed by atoms with Crippen molar-refractivity contribution >= 4 is 11.9 Å². The zero-order valence-corrected chi connectivity index (χ0v) is 11.6. The number of aliphatic hydroxyl groups is 1. The normalized spacial score (nSPS) is 13.5. The Hall–Kier alpha value is -1.88. The van der Waals surface area contributed by atoms with Crippen LogP contribution in [0.3, 0.4) is 0 Å². The van der Waals surface area contributed by atoms with Crippen LogP contribution < -0.4 is 5.32 Å². The fourth-order valence-electron chi connectivity index (χ4n) is 1.97. The maximum atomic E-state index is 12.1. The summed E-state index contributed by atoms with van der Waals surface area (Å²) in [6.07, 6.45) is 2.15. The van der Waals surface area contributed by atoms with Gasteiger partial charge in [-0.15, -0.1) is 0 Å². The van der Waals surface area contributed by atoms with Crippen LogP contribution in [0.15, 0.2) is 30.3 Å². The van der Waals surface area contributed by atoms with Gasteiger partial charge in [0.1, 0.15) is 0 Å². The third-order valence-electron chi connectivity index (χ3n) is 3.10. The number of unbranched alkanes of at least 4 members (excludes halogenated alkanes) is 2. The summed E-state index contributed by atoms with van der Waals surface area (Å²) in [6.45, 7) is 2.48. The fraction of sp³-hybridized carbons (Fsp3) is 0.467. The number of rotatable bonds is 8. The fourth-order valence-corrected chi connectivity index (χ4v) is 1.97. The first-order valence-corrected chi connectivity index (χ1v) is 6.78. The number of amides is 1. The van der Waals surface area contributed by atoms with Crippen LogP contribution in [0, 0.1) is 0 Å². The summed E-state index contributed by atoms with van der Waals surface area (Å²) in [4.78, 5) is 23.1. The van der Waals surface area contributed by atoms with Crippen molar-refractivity contribution in [2.45, 2.75) is 38.2 Å². The van der Waals surface area contributed by atoms with Crippen LogP contribution in [-0.4, -0.2) is 28.6 Å². The van der Waals surface area contributed by atoms with Crippen molar-refractivity contribution in [2.75, 3.05) is 6.54 Å². The molecule has 110 valence electrons. The molecule has 1 atom stereocenters. The van der Waals surface area contributed by atoms with Crippen molar-refractivity contribution in [1.29, 1.82) is 0 Å². The maximum absolute atomic E-state index is 12.1. The quantitative estimate of drug-likeness (QED) is 0.632. The van der Waals surface area contributed by atoms with Gasteiger partial charge in [-0.1, -0.05) is 50.1 Å². The van der Waals surface area contributed by atoms with E-state index >= 15 is 0 Å². The van der Waals surface area contributed by atoms with Crippen molar-refractivity contribution in [1.82, 2.24) is 5.32 Å². The highest BCUT2D eigenvalue weighted by molar-refractivity contribution is 5.90. The number of hydrogen-bond donors (Lipinski definition) is 3. The average Bonchev–Trinajstić information content (AvgIpc) is 2.43. The largest absolute Gasteiger partial charge is 0.481 e. The smallest absolute Gasteiger partial charge is 0.307 e. The van der Waals surface area contributed by atoms with Gasteiger partial charge in [-0.2, -0.15) is 0 Å². The van der Waals surface area contributed by atoms with E-state index in [1.54, 1.807) is 30.3 Å². The molecule has 0 heterocycles.